The van der Waals surface area contributed by atoms with Gasteiger partial charge in [-0.25, -0.2) is 4.98 Å². The molecule has 0 aliphatic carbocycles. The van der Waals surface area contributed by atoms with Gasteiger partial charge < -0.3 is 15.4 Å². The Morgan fingerprint density at radius 2 is 2.11 bits per heavy atom. The van der Waals surface area contributed by atoms with E-state index < -0.39 is 11.9 Å². The Morgan fingerprint density at radius 1 is 1.37 bits per heavy atom. The maximum Gasteiger partial charge on any atom is 0.434 e. The first kappa shape index (κ1) is 19.5. The molecular formula is C18H21F3N4OS. The van der Waals surface area contributed by atoms with Gasteiger partial charge in [-0.05, 0) is 19.9 Å². The number of rotatable bonds is 3. The van der Waals surface area contributed by atoms with Crippen LogP contribution in [0.2, 0.25) is 0 Å². The SMILES string of the molecule is CN=C(NCc1nc(C(F)(F)F)cs1)NC1CC(C)(C)Oc2ccccc21. The lowest BCUT2D eigenvalue weighted by molar-refractivity contribution is -0.140. The van der Waals surface area contributed by atoms with Gasteiger partial charge in [0.15, 0.2) is 11.7 Å². The Hall–Kier alpha value is -2.29. The van der Waals surface area contributed by atoms with Crippen LogP contribution in [0.5, 0.6) is 5.75 Å². The van der Waals surface area contributed by atoms with Crippen LogP contribution in [0.15, 0.2) is 34.6 Å². The van der Waals surface area contributed by atoms with Gasteiger partial charge >= 0.3 is 6.18 Å². The zero-order chi connectivity index (χ0) is 19.7. The molecule has 0 amide bonds. The first-order valence-electron chi connectivity index (χ1n) is 8.45. The van der Waals surface area contributed by atoms with E-state index in [-0.39, 0.29) is 18.2 Å². The van der Waals surface area contributed by atoms with E-state index in [0.717, 1.165) is 34.5 Å². The minimum atomic E-state index is -4.42. The monoisotopic (exact) mass is 398 g/mol. The molecule has 0 radical (unpaired) electrons. The average molecular weight is 398 g/mol. The normalized spacial score (nSPS) is 19.2. The first-order chi connectivity index (χ1) is 12.7. The molecule has 0 spiro atoms. The van der Waals surface area contributed by atoms with Gasteiger partial charge in [-0.3, -0.25) is 4.99 Å². The lowest BCUT2D eigenvalue weighted by Gasteiger charge is -2.38. The van der Waals surface area contributed by atoms with Crippen molar-refractivity contribution in [3.63, 3.8) is 0 Å². The third-order valence-electron chi connectivity index (χ3n) is 4.16. The summed E-state index contributed by atoms with van der Waals surface area (Å²) in [6.45, 7) is 4.19. The van der Waals surface area contributed by atoms with Gasteiger partial charge in [0.25, 0.3) is 0 Å². The molecule has 1 atom stereocenters. The van der Waals surface area contributed by atoms with Crippen LogP contribution in [0.4, 0.5) is 13.2 Å². The second-order valence-corrected chi connectivity index (χ2v) is 7.79. The van der Waals surface area contributed by atoms with Crippen LogP contribution >= 0.6 is 11.3 Å². The molecule has 146 valence electrons. The summed E-state index contributed by atoms with van der Waals surface area (Å²) < 4.78 is 44.0. The molecule has 0 bridgehead atoms. The van der Waals surface area contributed by atoms with Crippen LogP contribution in [0.3, 0.4) is 0 Å². The van der Waals surface area contributed by atoms with Crippen LogP contribution in [-0.4, -0.2) is 23.6 Å². The molecule has 2 N–H and O–H groups in total. The predicted octanol–water partition coefficient (Wildman–Crippen LogP) is 4.13. The van der Waals surface area contributed by atoms with E-state index in [1.807, 2.05) is 38.1 Å². The lowest BCUT2D eigenvalue weighted by Crippen LogP contribution is -2.45. The van der Waals surface area contributed by atoms with Gasteiger partial charge in [-0.1, -0.05) is 18.2 Å². The number of aliphatic imine (C=N–C) groups is 1. The minimum Gasteiger partial charge on any atom is -0.487 e. The van der Waals surface area contributed by atoms with Crippen molar-refractivity contribution in [1.82, 2.24) is 15.6 Å². The zero-order valence-electron chi connectivity index (χ0n) is 15.2. The number of guanidine groups is 1. The van der Waals surface area contributed by atoms with Crippen molar-refractivity contribution in [3.8, 4) is 5.75 Å². The summed E-state index contributed by atoms with van der Waals surface area (Å²) in [4.78, 5) is 7.80. The van der Waals surface area contributed by atoms with Crippen LogP contribution in [-0.2, 0) is 12.7 Å². The van der Waals surface area contributed by atoms with E-state index in [1.54, 1.807) is 7.05 Å². The standard InChI is InChI=1S/C18H21F3N4OS/c1-17(2)8-12(11-6-4-5-7-13(11)26-17)24-16(22-3)23-9-15-25-14(10-27-15)18(19,20)21/h4-7,10,12H,8-9H2,1-3H3,(H2,22,23,24). The second kappa shape index (κ2) is 7.38. The third kappa shape index (κ3) is 4.71. The number of nitrogens with zero attached hydrogens (tertiary/aromatic N) is 2. The summed E-state index contributed by atoms with van der Waals surface area (Å²) in [5.41, 5.74) is -0.192. The number of nitrogens with one attached hydrogen (secondary N) is 2. The number of alkyl halides is 3. The second-order valence-electron chi connectivity index (χ2n) is 6.85. The fraction of sp³-hybridized carbons (Fsp3) is 0.444. The fourth-order valence-electron chi connectivity index (χ4n) is 2.97. The van der Waals surface area contributed by atoms with Gasteiger partial charge in [0.2, 0.25) is 0 Å². The van der Waals surface area contributed by atoms with E-state index in [2.05, 4.69) is 20.6 Å². The summed E-state index contributed by atoms with van der Waals surface area (Å²) in [6, 6.07) is 7.75. The number of halogens is 3. The maximum absolute atomic E-state index is 12.7. The van der Waals surface area contributed by atoms with Gasteiger partial charge in [-0.15, -0.1) is 11.3 Å². The highest BCUT2D eigenvalue weighted by molar-refractivity contribution is 7.09. The van der Waals surface area contributed by atoms with Gasteiger partial charge in [0.05, 0.1) is 12.6 Å². The number of benzene rings is 1. The van der Waals surface area contributed by atoms with E-state index in [9.17, 15) is 13.2 Å². The molecule has 0 fully saturated rings. The van der Waals surface area contributed by atoms with Crippen LogP contribution in [0.25, 0.3) is 0 Å². The van der Waals surface area contributed by atoms with Gasteiger partial charge in [-0.2, -0.15) is 13.2 Å². The summed E-state index contributed by atoms with van der Waals surface area (Å²) in [7, 11) is 1.62. The number of aromatic nitrogens is 1. The van der Waals surface area contributed by atoms with Gasteiger partial charge in [0, 0.05) is 24.4 Å². The number of thiazole rings is 1. The van der Waals surface area contributed by atoms with Crippen molar-refractivity contribution in [2.45, 2.75) is 44.6 Å². The molecule has 1 aromatic carbocycles. The van der Waals surface area contributed by atoms with Crippen molar-refractivity contribution >= 4 is 17.3 Å². The summed E-state index contributed by atoms with van der Waals surface area (Å²) in [5.74, 6) is 1.31. The van der Waals surface area contributed by atoms with Crippen molar-refractivity contribution in [3.05, 3.63) is 45.9 Å². The Morgan fingerprint density at radius 3 is 2.78 bits per heavy atom. The average Bonchev–Trinajstić information content (AvgIpc) is 3.06. The molecule has 3 rings (SSSR count). The molecule has 2 heterocycles. The number of hydrogen-bond donors (Lipinski definition) is 2. The number of fused-ring (bicyclic) bond motifs is 1. The maximum atomic E-state index is 12.7. The van der Waals surface area contributed by atoms with E-state index in [0.29, 0.717) is 11.0 Å². The molecule has 1 aliphatic rings. The zero-order valence-corrected chi connectivity index (χ0v) is 16.0. The van der Waals surface area contributed by atoms with Crippen LogP contribution < -0.4 is 15.4 Å². The molecule has 27 heavy (non-hydrogen) atoms. The minimum absolute atomic E-state index is 0.0295. The molecule has 1 aromatic heterocycles. The Bertz CT molecular complexity index is 832. The molecule has 2 aromatic rings. The van der Waals surface area contributed by atoms with Crippen molar-refractivity contribution in [2.75, 3.05) is 7.05 Å². The summed E-state index contributed by atoms with van der Waals surface area (Å²) in [6.07, 6.45) is -3.70. The number of para-hydroxylation sites is 1. The topological polar surface area (TPSA) is 58.5 Å². The highest BCUT2D eigenvalue weighted by atomic mass is 32.1. The quantitative estimate of drug-likeness (QED) is 0.603. The van der Waals surface area contributed by atoms with Crippen molar-refractivity contribution in [1.29, 1.82) is 0 Å². The molecular weight excluding hydrogens is 377 g/mol. The summed E-state index contributed by atoms with van der Waals surface area (Å²) >= 11 is 0.967. The largest absolute Gasteiger partial charge is 0.487 e. The van der Waals surface area contributed by atoms with Gasteiger partial charge in [0.1, 0.15) is 16.4 Å². The molecule has 0 saturated carbocycles. The summed E-state index contributed by atoms with van der Waals surface area (Å²) in [5, 5.41) is 7.74. The first-order valence-corrected chi connectivity index (χ1v) is 9.32. The van der Waals surface area contributed by atoms with Crippen LogP contribution in [0, 0.1) is 0 Å². The Labute approximate surface area is 159 Å². The van der Waals surface area contributed by atoms with E-state index in [4.69, 9.17) is 4.74 Å². The van der Waals surface area contributed by atoms with Crippen LogP contribution in [0.1, 0.15) is 42.6 Å². The lowest BCUT2D eigenvalue weighted by atomic mass is 9.90. The smallest absolute Gasteiger partial charge is 0.434 e. The highest BCUT2D eigenvalue weighted by Crippen LogP contribution is 2.39. The number of hydrogen-bond acceptors (Lipinski definition) is 4. The molecule has 0 saturated heterocycles. The third-order valence-corrected chi connectivity index (χ3v) is 5.01. The van der Waals surface area contributed by atoms with Crippen molar-refractivity contribution < 1.29 is 17.9 Å². The fourth-order valence-corrected chi connectivity index (χ4v) is 3.71. The van der Waals surface area contributed by atoms with E-state index >= 15 is 0 Å². The molecule has 1 unspecified atom stereocenters. The molecule has 1 aliphatic heterocycles. The predicted molar refractivity (Wildman–Crippen MR) is 99.0 cm³/mol. The highest BCUT2D eigenvalue weighted by Gasteiger charge is 2.35. The number of ether oxygens (including phenoxy) is 1. The van der Waals surface area contributed by atoms with Crippen molar-refractivity contribution in [2.24, 2.45) is 4.99 Å². The molecule has 5 nitrogen and oxygen atoms in total. The Balaban J connectivity index is 1.68. The Kier molecular flexibility index (Phi) is 5.32. The van der Waals surface area contributed by atoms with E-state index in [1.165, 1.54) is 0 Å². The molecule has 9 heteroatoms.